The van der Waals surface area contributed by atoms with Gasteiger partial charge >= 0.3 is 0 Å². The van der Waals surface area contributed by atoms with Crippen LogP contribution < -0.4 is 11.2 Å². The maximum absolute atomic E-state index is 9.58. The van der Waals surface area contributed by atoms with Gasteiger partial charge in [-0.3, -0.25) is 5.84 Å². The Labute approximate surface area is 92.1 Å². The topological polar surface area (TPSA) is 61.5 Å². The van der Waals surface area contributed by atoms with Crippen molar-refractivity contribution in [3.8, 4) is 0 Å². The summed E-state index contributed by atoms with van der Waals surface area (Å²) in [6, 6.07) is 0.775. The Morgan fingerprint density at radius 2 is 2.07 bits per heavy atom. The molecule has 0 fully saturated rings. The van der Waals surface area contributed by atoms with Gasteiger partial charge in [-0.15, -0.1) is 0 Å². The molecule has 0 bridgehead atoms. The molecule has 1 aliphatic rings. The molecule has 2 unspecified atom stereocenters. The number of nitrogens with one attached hydrogen (secondary N) is 1. The van der Waals surface area contributed by atoms with Crippen molar-refractivity contribution in [1.29, 1.82) is 0 Å². The third-order valence-electron chi connectivity index (χ3n) is 3.28. The maximum atomic E-state index is 9.58. The van der Waals surface area contributed by atoms with E-state index in [4.69, 9.17) is 5.84 Å². The second-order valence-electron chi connectivity index (χ2n) is 4.38. The van der Waals surface area contributed by atoms with E-state index >= 15 is 0 Å². The van der Waals surface area contributed by atoms with Gasteiger partial charge in [-0.1, -0.05) is 12.5 Å². The van der Waals surface area contributed by atoms with Crippen molar-refractivity contribution >= 4 is 0 Å². The van der Waals surface area contributed by atoms with Crippen molar-refractivity contribution in [3.05, 3.63) is 11.1 Å². The molecule has 0 aromatic rings. The fraction of sp³-hybridized carbons (Fsp3) is 0.818. The molecule has 0 amide bonds. The summed E-state index contributed by atoms with van der Waals surface area (Å²) in [5.41, 5.74) is 2.65. The Hall–Kier alpha value is -0.420. The third-order valence-corrected chi connectivity index (χ3v) is 3.28. The van der Waals surface area contributed by atoms with Gasteiger partial charge in [-0.25, -0.2) is 5.01 Å². The van der Waals surface area contributed by atoms with Gasteiger partial charge in [-0.05, 0) is 32.8 Å². The molecule has 1 rings (SSSR count). The number of hydrogen-bond donors (Lipinski definition) is 3. The van der Waals surface area contributed by atoms with E-state index in [1.807, 2.05) is 6.92 Å². The average Bonchev–Trinajstić information content (AvgIpc) is 2.43. The molecule has 0 aliphatic carbocycles. The van der Waals surface area contributed by atoms with E-state index in [1.165, 1.54) is 16.2 Å². The highest BCUT2D eigenvalue weighted by molar-refractivity contribution is 5.29. The van der Waals surface area contributed by atoms with Gasteiger partial charge in [0.1, 0.15) is 6.23 Å². The van der Waals surface area contributed by atoms with Crippen LogP contribution in [0.4, 0.5) is 0 Å². The summed E-state index contributed by atoms with van der Waals surface area (Å²) in [4.78, 5) is 0. The van der Waals surface area contributed by atoms with Crippen molar-refractivity contribution in [3.63, 3.8) is 0 Å². The minimum atomic E-state index is -0.548. The molecule has 1 heterocycles. The smallest absolute Gasteiger partial charge is 0.119 e. The Morgan fingerprint density at radius 1 is 1.47 bits per heavy atom. The van der Waals surface area contributed by atoms with E-state index in [0.29, 0.717) is 25.0 Å². The van der Waals surface area contributed by atoms with Gasteiger partial charge in [0, 0.05) is 18.6 Å². The zero-order valence-corrected chi connectivity index (χ0v) is 10.1. The Bertz CT molecular complexity index is 252. The van der Waals surface area contributed by atoms with Gasteiger partial charge in [0.25, 0.3) is 0 Å². The van der Waals surface area contributed by atoms with Crippen LogP contribution in [0.5, 0.6) is 0 Å². The van der Waals surface area contributed by atoms with E-state index in [2.05, 4.69) is 26.1 Å². The highest BCUT2D eigenvalue weighted by Crippen LogP contribution is 2.21. The molecule has 0 spiro atoms. The van der Waals surface area contributed by atoms with Crippen molar-refractivity contribution in [2.24, 2.45) is 5.84 Å². The van der Waals surface area contributed by atoms with Crippen molar-refractivity contribution < 1.29 is 5.11 Å². The van der Waals surface area contributed by atoms with Gasteiger partial charge in [0.2, 0.25) is 0 Å². The lowest BCUT2D eigenvalue weighted by atomic mass is 10.0. The predicted octanol–water partition coefficient (Wildman–Crippen LogP) is 0.587. The van der Waals surface area contributed by atoms with Gasteiger partial charge in [0.15, 0.2) is 0 Å². The zero-order chi connectivity index (χ0) is 11.6. The fourth-order valence-electron chi connectivity index (χ4n) is 2.02. The molecule has 4 N–H and O–H groups in total. The van der Waals surface area contributed by atoms with E-state index < -0.39 is 6.23 Å². The Morgan fingerprint density at radius 3 is 2.47 bits per heavy atom. The number of aliphatic hydroxyl groups excluding tert-OH is 1. The standard InChI is InChI=1S/C11H23N3O/c1-5-11(15)14(12)6-10-7(2)8(3)13-9(10)4/h8-9,11,13,15H,5-6,12H2,1-4H3/t8-,9?,11?/m0/s1. The molecule has 0 saturated carbocycles. The molecule has 3 atom stereocenters. The summed E-state index contributed by atoms with van der Waals surface area (Å²) in [6.45, 7) is 8.97. The molecule has 88 valence electrons. The lowest BCUT2D eigenvalue weighted by molar-refractivity contribution is 0.00597. The summed E-state index contributed by atoms with van der Waals surface area (Å²) in [7, 11) is 0. The molecule has 4 nitrogen and oxygen atoms in total. The van der Waals surface area contributed by atoms with Gasteiger partial charge in [0.05, 0.1) is 0 Å². The zero-order valence-electron chi connectivity index (χ0n) is 10.1. The minimum absolute atomic E-state index is 0.357. The van der Waals surface area contributed by atoms with Crippen LogP contribution >= 0.6 is 0 Å². The largest absolute Gasteiger partial charge is 0.377 e. The van der Waals surface area contributed by atoms with Crippen LogP contribution in [-0.2, 0) is 0 Å². The van der Waals surface area contributed by atoms with Crippen LogP contribution in [0.3, 0.4) is 0 Å². The average molecular weight is 213 g/mol. The number of rotatable bonds is 4. The van der Waals surface area contributed by atoms with Crippen LogP contribution in [-0.4, -0.2) is 35.0 Å². The molecule has 0 aromatic carbocycles. The van der Waals surface area contributed by atoms with E-state index in [1.54, 1.807) is 0 Å². The second kappa shape index (κ2) is 5.07. The van der Waals surface area contributed by atoms with E-state index in [9.17, 15) is 5.11 Å². The number of aliphatic hydroxyl groups is 1. The normalized spacial score (nSPS) is 29.0. The number of nitrogens with zero attached hydrogens (tertiary/aromatic N) is 1. The number of nitrogens with two attached hydrogens (primary N) is 1. The van der Waals surface area contributed by atoms with Crippen LogP contribution in [0.2, 0.25) is 0 Å². The predicted molar refractivity (Wildman–Crippen MR) is 62.0 cm³/mol. The molecule has 0 aromatic heterocycles. The maximum Gasteiger partial charge on any atom is 0.119 e. The van der Waals surface area contributed by atoms with Crippen molar-refractivity contribution in [2.45, 2.75) is 52.4 Å². The SMILES string of the molecule is CCC(O)N(N)CC1=C(C)[C@H](C)NC1C. The van der Waals surface area contributed by atoms with Crippen LogP contribution in [0.1, 0.15) is 34.1 Å². The monoisotopic (exact) mass is 213 g/mol. The first-order valence-corrected chi connectivity index (χ1v) is 5.62. The van der Waals surface area contributed by atoms with Gasteiger partial charge in [-0.2, -0.15) is 0 Å². The number of hydrazine groups is 1. The van der Waals surface area contributed by atoms with Crippen molar-refractivity contribution in [1.82, 2.24) is 10.3 Å². The van der Waals surface area contributed by atoms with E-state index in [-0.39, 0.29) is 0 Å². The first-order chi connectivity index (χ1) is 6.97. The summed E-state index contributed by atoms with van der Waals surface area (Å²) < 4.78 is 0. The summed E-state index contributed by atoms with van der Waals surface area (Å²) >= 11 is 0. The first-order valence-electron chi connectivity index (χ1n) is 5.62. The Kier molecular flexibility index (Phi) is 4.28. The summed E-state index contributed by atoms with van der Waals surface area (Å²) in [5, 5.41) is 14.5. The number of hydrogen-bond acceptors (Lipinski definition) is 4. The lowest BCUT2D eigenvalue weighted by Gasteiger charge is -2.24. The van der Waals surface area contributed by atoms with Crippen LogP contribution in [0, 0.1) is 0 Å². The third kappa shape index (κ3) is 2.78. The first kappa shape index (κ1) is 12.6. The van der Waals surface area contributed by atoms with Gasteiger partial charge < -0.3 is 10.4 Å². The minimum Gasteiger partial charge on any atom is -0.377 e. The summed E-state index contributed by atoms with van der Waals surface area (Å²) in [5.74, 6) is 5.80. The Balaban J connectivity index is 2.65. The molecule has 4 heteroatoms. The van der Waals surface area contributed by atoms with Crippen molar-refractivity contribution in [2.75, 3.05) is 6.54 Å². The lowest BCUT2D eigenvalue weighted by Crippen LogP contribution is -2.43. The van der Waals surface area contributed by atoms with Crippen LogP contribution in [0.25, 0.3) is 0 Å². The summed E-state index contributed by atoms with van der Waals surface area (Å²) in [6.07, 6.45) is 0.105. The quantitative estimate of drug-likeness (QED) is 0.277. The molecular weight excluding hydrogens is 190 g/mol. The fourth-order valence-corrected chi connectivity index (χ4v) is 2.02. The molecule has 0 radical (unpaired) electrons. The highest BCUT2D eigenvalue weighted by Gasteiger charge is 2.26. The van der Waals surface area contributed by atoms with Crippen LogP contribution in [0.15, 0.2) is 11.1 Å². The molecule has 15 heavy (non-hydrogen) atoms. The van der Waals surface area contributed by atoms with E-state index in [0.717, 1.165) is 0 Å². The second-order valence-corrected chi connectivity index (χ2v) is 4.38. The molecular formula is C11H23N3O. The molecule has 0 saturated heterocycles. The molecule has 1 aliphatic heterocycles. The highest BCUT2D eigenvalue weighted by atomic mass is 16.3.